The molecular formula is C21H20FN3O5S. The van der Waals surface area contributed by atoms with Gasteiger partial charge in [-0.25, -0.2) is 4.39 Å². The number of carbonyl (C=O) groups is 2. The van der Waals surface area contributed by atoms with Gasteiger partial charge in [-0.2, -0.15) is 5.10 Å². The first-order valence-corrected chi connectivity index (χ1v) is 10.3. The predicted molar refractivity (Wildman–Crippen MR) is 115 cm³/mol. The Kier molecular flexibility index (Phi) is 7.60. The van der Waals surface area contributed by atoms with Crippen molar-refractivity contribution in [2.24, 2.45) is 10.2 Å². The van der Waals surface area contributed by atoms with Gasteiger partial charge in [0, 0.05) is 0 Å². The average Bonchev–Trinajstić information content (AvgIpc) is 3.07. The number of carbonyl (C=O) groups excluding carboxylic acids is 1. The Labute approximate surface area is 182 Å². The molecule has 3 rings (SSSR count). The van der Waals surface area contributed by atoms with Crippen LogP contribution in [0.5, 0.6) is 11.5 Å². The van der Waals surface area contributed by atoms with Crippen molar-refractivity contribution in [3.05, 3.63) is 59.4 Å². The van der Waals surface area contributed by atoms with Crippen LogP contribution in [-0.2, 0) is 16.2 Å². The van der Waals surface area contributed by atoms with Crippen LogP contribution >= 0.6 is 11.8 Å². The number of carboxylic acid groups (broad SMARTS) is 1. The lowest BCUT2D eigenvalue weighted by molar-refractivity contribution is -0.138. The highest BCUT2D eigenvalue weighted by atomic mass is 32.2. The molecular weight excluding hydrogens is 425 g/mol. The number of amides is 1. The van der Waals surface area contributed by atoms with E-state index < -0.39 is 17.1 Å². The number of aliphatic carboxylic acids is 1. The number of nitrogens with one attached hydrogen (secondary N) is 1. The van der Waals surface area contributed by atoms with E-state index in [-0.39, 0.29) is 24.0 Å². The summed E-state index contributed by atoms with van der Waals surface area (Å²) >= 11 is 1.03. The number of hydrogen-bond acceptors (Lipinski definition) is 7. The SMILES string of the molecule is CCOc1cc(/C=N\N=C2\NC(=O)[C@@H](CC(=O)O)S2)ccc1OCc1ccc(F)cc1. The van der Waals surface area contributed by atoms with Gasteiger partial charge in [-0.3, -0.25) is 9.59 Å². The van der Waals surface area contributed by atoms with E-state index in [1.807, 2.05) is 6.92 Å². The lowest BCUT2D eigenvalue weighted by atomic mass is 10.2. The fourth-order valence-electron chi connectivity index (χ4n) is 2.63. The van der Waals surface area contributed by atoms with Gasteiger partial charge in [0.15, 0.2) is 16.7 Å². The molecule has 2 aromatic rings. The van der Waals surface area contributed by atoms with Gasteiger partial charge >= 0.3 is 5.97 Å². The molecule has 0 aliphatic carbocycles. The van der Waals surface area contributed by atoms with Crippen LogP contribution in [-0.4, -0.2) is 40.2 Å². The molecule has 10 heteroatoms. The van der Waals surface area contributed by atoms with Crippen LogP contribution in [0.1, 0.15) is 24.5 Å². The normalized spacial score (nSPS) is 17.2. The number of amidine groups is 1. The van der Waals surface area contributed by atoms with E-state index in [9.17, 15) is 14.0 Å². The van der Waals surface area contributed by atoms with Crippen molar-refractivity contribution in [1.29, 1.82) is 0 Å². The van der Waals surface area contributed by atoms with Crippen LogP contribution in [0.4, 0.5) is 4.39 Å². The summed E-state index contributed by atoms with van der Waals surface area (Å²) in [5.41, 5.74) is 1.51. The maximum Gasteiger partial charge on any atom is 0.305 e. The number of benzene rings is 2. The van der Waals surface area contributed by atoms with Crippen LogP contribution in [0.2, 0.25) is 0 Å². The number of carboxylic acids is 1. The smallest absolute Gasteiger partial charge is 0.305 e. The number of thioether (sulfide) groups is 1. The van der Waals surface area contributed by atoms with Gasteiger partial charge in [-0.1, -0.05) is 23.9 Å². The van der Waals surface area contributed by atoms with Crippen molar-refractivity contribution >= 4 is 35.0 Å². The summed E-state index contributed by atoms with van der Waals surface area (Å²) in [6, 6.07) is 11.3. The molecule has 0 radical (unpaired) electrons. The van der Waals surface area contributed by atoms with Crippen molar-refractivity contribution in [3.63, 3.8) is 0 Å². The summed E-state index contributed by atoms with van der Waals surface area (Å²) in [5.74, 6) is -0.708. The third kappa shape index (κ3) is 6.54. The van der Waals surface area contributed by atoms with E-state index >= 15 is 0 Å². The number of ether oxygens (including phenoxy) is 2. The van der Waals surface area contributed by atoms with Gasteiger partial charge in [0.25, 0.3) is 0 Å². The molecule has 0 unspecified atom stereocenters. The Bertz CT molecular complexity index is 1010. The third-order valence-corrected chi connectivity index (χ3v) is 5.14. The van der Waals surface area contributed by atoms with Gasteiger partial charge < -0.3 is 19.9 Å². The first-order valence-electron chi connectivity index (χ1n) is 9.39. The summed E-state index contributed by atoms with van der Waals surface area (Å²) in [7, 11) is 0. The Morgan fingerprint density at radius 3 is 2.71 bits per heavy atom. The van der Waals surface area contributed by atoms with Crippen molar-refractivity contribution in [2.75, 3.05) is 6.61 Å². The molecule has 0 aromatic heterocycles. The summed E-state index contributed by atoms with van der Waals surface area (Å²) in [6.45, 7) is 2.54. The van der Waals surface area contributed by atoms with Crippen molar-refractivity contribution in [3.8, 4) is 11.5 Å². The lowest BCUT2D eigenvalue weighted by Crippen LogP contribution is -2.26. The molecule has 1 aliphatic heterocycles. The molecule has 31 heavy (non-hydrogen) atoms. The predicted octanol–water partition coefficient (Wildman–Crippen LogP) is 3.20. The highest BCUT2D eigenvalue weighted by Crippen LogP contribution is 2.29. The standard InChI is InChI=1S/C21H20FN3O5S/c1-2-29-17-9-14(5-8-16(17)30-12-13-3-6-15(22)7-4-13)11-23-25-21-24-20(28)18(31-21)10-19(26)27/h3-9,11,18H,2,10,12H2,1H3,(H,26,27)(H,24,25,28)/b23-11-/t18-/m1/s1. The minimum Gasteiger partial charge on any atom is -0.490 e. The van der Waals surface area contributed by atoms with Crippen LogP contribution in [0.3, 0.4) is 0 Å². The molecule has 2 N–H and O–H groups in total. The van der Waals surface area contributed by atoms with Crippen molar-refractivity contribution in [1.82, 2.24) is 5.32 Å². The molecule has 1 aliphatic rings. The van der Waals surface area contributed by atoms with Gasteiger partial charge in [0.2, 0.25) is 5.91 Å². The molecule has 1 amide bonds. The fourth-order valence-corrected chi connectivity index (χ4v) is 3.54. The highest BCUT2D eigenvalue weighted by Gasteiger charge is 2.32. The van der Waals surface area contributed by atoms with Gasteiger partial charge in [0.05, 0.1) is 19.2 Å². The fraction of sp³-hybridized carbons (Fsp3) is 0.238. The first-order chi connectivity index (χ1) is 14.9. The monoisotopic (exact) mass is 445 g/mol. The number of rotatable bonds is 9. The van der Waals surface area contributed by atoms with Crippen LogP contribution in [0.25, 0.3) is 0 Å². The van der Waals surface area contributed by atoms with Crippen molar-refractivity contribution < 1.29 is 28.6 Å². The van der Waals surface area contributed by atoms with Gasteiger partial charge in [-0.15, -0.1) is 5.10 Å². The van der Waals surface area contributed by atoms with Crippen LogP contribution in [0, 0.1) is 5.82 Å². The summed E-state index contributed by atoms with van der Waals surface area (Å²) in [5, 5.41) is 18.7. The Morgan fingerprint density at radius 1 is 1.23 bits per heavy atom. The zero-order chi connectivity index (χ0) is 22.2. The van der Waals surface area contributed by atoms with Gasteiger partial charge in [-0.05, 0) is 48.4 Å². The number of halogens is 1. The molecule has 2 aromatic carbocycles. The number of nitrogens with zero attached hydrogens (tertiary/aromatic N) is 2. The molecule has 1 atom stereocenters. The summed E-state index contributed by atoms with van der Waals surface area (Å²) in [4.78, 5) is 22.5. The largest absolute Gasteiger partial charge is 0.490 e. The van der Waals surface area contributed by atoms with E-state index in [4.69, 9.17) is 14.6 Å². The van der Waals surface area contributed by atoms with E-state index in [0.29, 0.717) is 23.7 Å². The number of hydrogen-bond donors (Lipinski definition) is 2. The van der Waals surface area contributed by atoms with Crippen molar-refractivity contribution in [2.45, 2.75) is 25.2 Å². The third-order valence-electron chi connectivity index (χ3n) is 4.07. The zero-order valence-corrected chi connectivity index (χ0v) is 17.4. The zero-order valence-electron chi connectivity index (χ0n) is 16.6. The van der Waals surface area contributed by atoms with E-state index in [2.05, 4.69) is 15.5 Å². The van der Waals surface area contributed by atoms with Crippen LogP contribution < -0.4 is 14.8 Å². The topological polar surface area (TPSA) is 110 Å². The molecule has 1 saturated heterocycles. The maximum absolute atomic E-state index is 13.0. The highest BCUT2D eigenvalue weighted by molar-refractivity contribution is 8.15. The molecule has 0 bridgehead atoms. The lowest BCUT2D eigenvalue weighted by Gasteiger charge is -2.12. The first kappa shape index (κ1) is 22.3. The maximum atomic E-state index is 13.0. The van der Waals surface area contributed by atoms with E-state index in [1.165, 1.54) is 18.3 Å². The van der Waals surface area contributed by atoms with E-state index in [1.54, 1.807) is 30.3 Å². The Morgan fingerprint density at radius 2 is 2.00 bits per heavy atom. The summed E-state index contributed by atoms with van der Waals surface area (Å²) in [6.07, 6.45) is 1.20. The Hall–Kier alpha value is -3.40. The molecule has 162 valence electrons. The molecule has 0 spiro atoms. The second kappa shape index (κ2) is 10.6. The molecule has 0 saturated carbocycles. The quantitative estimate of drug-likeness (QED) is 0.453. The second-order valence-corrected chi connectivity index (χ2v) is 7.59. The summed E-state index contributed by atoms with van der Waals surface area (Å²) < 4.78 is 24.4. The minimum absolute atomic E-state index is 0.247. The Balaban J connectivity index is 1.65. The molecule has 1 heterocycles. The minimum atomic E-state index is -1.05. The average molecular weight is 445 g/mol. The molecule has 8 nitrogen and oxygen atoms in total. The molecule has 1 fully saturated rings. The second-order valence-electron chi connectivity index (χ2n) is 6.40. The van der Waals surface area contributed by atoms with E-state index in [0.717, 1.165) is 17.3 Å². The van der Waals surface area contributed by atoms with Crippen LogP contribution in [0.15, 0.2) is 52.7 Å². The van der Waals surface area contributed by atoms with Gasteiger partial charge in [0.1, 0.15) is 17.7 Å².